The van der Waals surface area contributed by atoms with Gasteiger partial charge < -0.3 is 19.4 Å². The highest BCUT2D eigenvalue weighted by Gasteiger charge is 2.34. The highest BCUT2D eigenvalue weighted by Crippen LogP contribution is 2.33. The van der Waals surface area contributed by atoms with E-state index in [9.17, 15) is 4.79 Å². The van der Waals surface area contributed by atoms with Gasteiger partial charge in [0.2, 0.25) is 6.10 Å². The van der Waals surface area contributed by atoms with E-state index in [4.69, 9.17) is 9.47 Å². The number of fused-ring (bicyclic) bond motifs is 1. The minimum atomic E-state index is -0.653. The number of ether oxygens (including phenoxy) is 2. The molecule has 0 aliphatic carbocycles. The Hall–Kier alpha value is -2.50. The van der Waals surface area contributed by atoms with Gasteiger partial charge in [-0.05, 0) is 26.0 Å². The number of carbonyl (C=O) groups is 1. The lowest BCUT2D eigenvalue weighted by molar-refractivity contribution is -0.134. The Morgan fingerprint density at radius 3 is 2.77 bits per heavy atom. The van der Waals surface area contributed by atoms with Gasteiger partial charge in [0, 0.05) is 25.0 Å². The molecule has 2 heterocycles. The van der Waals surface area contributed by atoms with Gasteiger partial charge >= 0.3 is 0 Å². The third-order valence-corrected chi connectivity index (χ3v) is 3.53. The van der Waals surface area contributed by atoms with Crippen LogP contribution in [-0.4, -0.2) is 33.7 Å². The van der Waals surface area contributed by atoms with Gasteiger partial charge in [-0.3, -0.25) is 4.79 Å². The zero-order chi connectivity index (χ0) is 15.5. The molecular weight excluding hydrogens is 282 g/mol. The summed E-state index contributed by atoms with van der Waals surface area (Å²) in [5.74, 6) is 1.10. The van der Waals surface area contributed by atoms with Crippen molar-refractivity contribution in [2.45, 2.75) is 38.6 Å². The molecule has 0 saturated carbocycles. The van der Waals surface area contributed by atoms with Gasteiger partial charge in [0.1, 0.15) is 6.10 Å². The number of carbonyl (C=O) groups excluding carboxylic acids is 1. The third kappa shape index (κ3) is 3.05. The lowest BCUT2D eigenvalue weighted by atomic mass is 10.1. The molecule has 3 unspecified atom stereocenters. The second-order valence-corrected chi connectivity index (χ2v) is 5.48. The first-order chi connectivity index (χ1) is 10.6. The Kier molecular flexibility index (Phi) is 4.00. The molecule has 1 aliphatic heterocycles. The molecule has 0 radical (unpaired) electrons. The van der Waals surface area contributed by atoms with Crippen LogP contribution in [0, 0.1) is 0 Å². The van der Waals surface area contributed by atoms with Crippen LogP contribution in [-0.2, 0) is 11.3 Å². The minimum Gasteiger partial charge on any atom is -0.482 e. The van der Waals surface area contributed by atoms with Crippen molar-refractivity contribution in [2.24, 2.45) is 0 Å². The number of nitrogens with zero attached hydrogens (tertiary/aromatic N) is 2. The molecule has 1 N–H and O–H groups in total. The average molecular weight is 301 g/mol. The SMILES string of the molecule is CC(Cn1ccnc1)NC(=O)C1Oc2ccccc2OC1C. The second-order valence-electron chi connectivity index (χ2n) is 5.48. The molecule has 116 valence electrons. The Morgan fingerprint density at radius 2 is 2.09 bits per heavy atom. The minimum absolute atomic E-state index is 0.0327. The molecule has 6 heteroatoms. The number of para-hydroxylation sites is 2. The Balaban J connectivity index is 1.62. The number of hydrogen-bond acceptors (Lipinski definition) is 4. The highest BCUT2D eigenvalue weighted by molar-refractivity contribution is 5.82. The van der Waals surface area contributed by atoms with Crippen LogP contribution < -0.4 is 14.8 Å². The van der Waals surface area contributed by atoms with E-state index < -0.39 is 6.10 Å². The zero-order valence-corrected chi connectivity index (χ0v) is 12.6. The fourth-order valence-corrected chi connectivity index (χ4v) is 2.49. The largest absolute Gasteiger partial charge is 0.482 e. The molecule has 22 heavy (non-hydrogen) atoms. The van der Waals surface area contributed by atoms with Gasteiger partial charge in [-0.2, -0.15) is 0 Å². The Labute approximate surface area is 129 Å². The number of amides is 1. The molecule has 1 aromatic carbocycles. The van der Waals surface area contributed by atoms with E-state index in [1.54, 1.807) is 18.6 Å². The van der Waals surface area contributed by atoms with Crippen LogP contribution in [0.3, 0.4) is 0 Å². The molecule has 0 saturated heterocycles. The fraction of sp³-hybridized carbons (Fsp3) is 0.375. The summed E-state index contributed by atoms with van der Waals surface area (Å²) in [6, 6.07) is 7.34. The van der Waals surface area contributed by atoms with Crippen LogP contribution in [0.5, 0.6) is 11.5 Å². The maximum atomic E-state index is 12.4. The Morgan fingerprint density at radius 1 is 1.36 bits per heavy atom. The fourth-order valence-electron chi connectivity index (χ4n) is 2.49. The molecule has 3 rings (SSSR count). The van der Waals surface area contributed by atoms with Crippen LogP contribution in [0.1, 0.15) is 13.8 Å². The normalized spacial score (nSPS) is 21.2. The van der Waals surface area contributed by atoms with Crippen molar-refractivity contribution < 1.29 is 14.3 Å². The van der Waals surface area contributed by atoms with E-state index in [1.165, 1.54) is 0 Å². The van der Waals surface area contributed by atoms with Gasteiger partial charge in [-0.1, -0.05) is 12.1 Å². The summed E-state index contributed by atoms with van der Waals surface area (Å²) < 4.78 is 13.5. The summed E-state index contributed by atoms with van der Waals surface area (Å²) in [7, 11) is 0. The molecule has 6 nitrogen and oxygen atoms in total. The van der Waals surface area contributed by atoms with E-state index >= 15 is 0 Å². The monoisotopic (exact) mass is 301 g/mol. The highest BCUT2D eigenvalue weighted by atomic mass is 16.6. The van der Waals surface area contributed by atoms with Crippen molar-refractivity contribution >= 4 is 5.91 Å². The van der Waals surface area contributed by atoms with Crippen LogP contribution in [0.2, 0.25) is 0 Å². The quantitative estimate of drug-likeness (QED) is 0.932. The third-order valence-electron chi connectivity index (χ3n) is 3.53. The van der Waals surface area contributed by atoms with Crippen molar-refractivity contribution in [1.29, 1.82) is 0 Å². The van der Waals surface area contributed by atoms with Gasteiger partial charge in [0.05, 0.1) is 6.33 Å². The lowest BCUT2D eigenvalue weighted by Crippen LogP contribution is -2.51. The van der Waals surface area contributed by atoms with Crippen molar-refractivity contribution in [1.82, 2.24) is 14.9 Å². The van der Waals surface area contributed by atoms with Crippen LogP contribution in [0.15, 0.2) is 43.0 Å². The topological polar surface area (TPSA) is 65.4 Å². The zero-order valence-electron chi connectivity index (χ0n) is 12.6. The number of imidazole rings is 1. The van der Waals surface area contributed by atoms with E-state index in [2.05, 4.69) is 10.3 Å². The molecule has 1 aliphatic rings. The van der Waals surface area contributed by atoms with Crippen LogP contribution >= 0.6 is 0 Å². The predicted octanol–water partition coefficient (Wildman–Crippen LogP) is 1.62. The molecule has 3 atom stereocenters. The second kappa shape index (κ2) is 6.09. The molecule has 1 aromatic heterocycles. The van der Waals surface area contributed by atoms with Crippen molar-refractivity contribution in [2.75, 3.05) is 0 Å². The maximum Gasteiger partial charge on any atom is 0.265 e. The number of benzene rings is 1. The first-order valence-electron chi connectivity index (χ1n) is 7.32. The summed E-state index contributed by atoms with van der Waals surface area (Å²) in [6.07, 6.45) is 4.31. The summed E-state index contributed by atoms with van der Waals surface area (Å²) in [5.41, 5.74) is 0. The predicted molar refractivity (Wildman–Crippen MR) is 80.8 cm³/mol. The van der Waals surface area contributed by atoms with Gasteiger partial charge in [-0.15, -0.1) is 0 Å². The Bertz CT molecular complexity index is 642. The average Bonchev–Trinajstić information content (AvgIpc) is 2.99. The van der Waals surface area contributed by atoms with Crippen LogP contribution in [0.4, 0.5) is 0 Å². The number of aromatic nitrogens is 2. The van der Waals surface area contributed by atoms with Crippen molar-refractivity contribution in [3.8, 4) is 11.5 Å². The summed E-state index contributed by atoms with van der Waals surface area (Å²) >= 11 is 0. The first-order valence-corrected chi connectivity index (χ1v) is 7.32. The summed E-state index contributed by atoms with van der Waals surface area (Å²) in [4.78, 5) is 16.4. The number of rotatable bonds is 4. The maximum absolute atomic E-state index is 12.4. The van der Waals surface area contributed by atoms with Crippen molar-refractivity contribution in [3.63, 3.8) is 0 Å². The van der Waals surface area contributed by atoms with Crippen LogP contribution in [0.25, 0.3) is 0 Å². The molecule has 0 bridgehead atoms. The number of nitrogens with one attached hydrogen (secondary N) is 1. The van der Waals surface area contributed by atoms with Gasteiger partial charge in [0.25, 0.3) is 5.91 Å². The smallest absolute Gasteiger partial charge is 0.265 e. The van der Waals surface area contributed by atoms with Gasteiger partial charge in [0.15, 0.2) is 11.5 Å². The van der Waals surface area contributed by atoms with Gasteiger partial charge in [-0.25, -0.2) is 4.98 Å². The molecular formula is C16H19N3O3. The molecule has 2 aromatic rings. The number of hydrogen-bond donors (Lipinski definition) is 1. The lowest BCUT2D eigenvalue weighted by Gasteiger charge is -2.31. The molecule has 0 spiro atoms. The van der Waals surface area contributed by atoms with E-state index in [0.717, 1.165) is 0 Å². The van der Waals surface area contributed by atoms with Crippen molar-refractivity contribution in [3.05, 3.63) is 43.0 Å². The molecule has 0 fully saturated rings. The van der Waals surface area contributed by atoms with E-state index in [-0.39, 0.29) is 18.1 Å². The van der Waals surface area contributed by atoms with E-state index in [0.29, 0.717) is 18.0 Å². The summed E-state index contributed by atoms with van der Waals surface area (Å²) in [6.45, 7) is 4.44. The summed E-state index contributed by atoms with van der Waals surface area (Å²) in [5, 5.41) is 2.96. The first kappa shape index (κ1) is 14.4. The molecule has 1 amide bonds. The standard InChI is InChI=1S/C16H19N3O3/c1-11(9-19-8-7-17-10-19)18-16(20)15-12(2)21-13-5-3-4-6-14(13)22-15/h3-8,10-12,15H,9H2,1-2H3,(H,18,20). The van der Waals surface area contributed by atoms with E-state index in [1.807, 2.05) is 42.8 Å².